The van der Waals surface area contributed by atoms with Gasteiger partial charge >= 0.3 is 0 Å². The lowest BCUT2D eigenvalue weighted by atomic mass is 10.1. The van der Waals surface area contributed by atoms with E-state index < -0.39 is 12.3 Å². The molecule has 190 valence electrons. The van der Waals surface area contributed by atoms with E-state index >= 15 is 0 Å². The Labute approximate surface area is 205 Å². The van der Waals surface area contributed by atoms with Crippen molar-refractivity contribution in [3.05, 3.63) is 42.2 Å². The number of nitrogens with zero attached hydrogens (tertiary/aromatic N) is 2. The van der Waals surface area contributed by atoms with Crippen molar-refractivity contribution in [1.29, 1.82) is 0 Å². The van der Waals surface area contributed by atoms with Gasteiger partial charge in [0.25, 0.3) is 0 Å². The van der Waals surface area contributed by atoms with Gasteiger partial charge in [-0.1, -0.05) is 71.6 Å². The molecule has 1 aromatic heterocycles. The van der Waals surface area contributed by atoms with Crippen LogP contribution in [0, 0.1) is 0 Å². The Bertz CT molecular complexity index is 752. The van der Waals surface area contributed by atoms with E-state index in [-0.39, 0.29) is 19.4 Å². The van der Waals surface area contributed by atoms with Crippen LogP contribution in [0.4, 0.5) is 8.78 Å². The van der Waals surface area contributed by atoms with Gasteiger partial charge in [0.15, 0.2) is 5.82 Å². The van der Waals surface area contributed by atoms with E-state index in [2.05, 4.69) is 16.9 Å². The highest BCUT2D eigenvalue weighted by Gasteiger charge is 2.14. The van der Waals surface area contributed by atoms with Crippen LogP contribution >= 0.6 is 0 Å². The van der Waals surface area contributed by atoms with Crippen molar-refractivity contribution in [3.8, 4) is 17.1 Å². The summed E-state index contributed by atoms with van der Waals surface area (Å²) in [6.45, 7) is 4.41. The van der Waals surface area contributed by atoms with Gasteiger partial charge < -0.3 is 4.74 Å². The van der Waals surface area contributed by atoms with E-state index in [1.807, 2.05) is 43.6 Å². The standard InChI is InChI=1S/C29H44F2N2O/c1-3-5-6-7-8-9-10-11-12-14-24-22-32-29(33-23-24)25-15-17-28(18-16-25)34-20-19-27(31)21-26(30)13-4-2/h15-18,22-23,26-27H,3-14,19-21H2,1-2H3. The zero-order valence-electron chi connectivity index (χ0n) is 21.3. The molecule has 1 aromatic carbocycles. The first-order valence-electron chi connectivity index (χ1n) is 13.4. The molecular formula is C29H44F2N2O. The summed E-state index contributed by atoms with van der Waals surface area (Å²) in [5.74, 6) is 1.36. The van der Waals surface area contributed by atoms with Crippen molar-refractivity contribution >= 4 is 0 Å². The monoisotopic (exact) mass is 474 g/mol. The molecule has 0 N–H and O–H groups in total. The van der Waals surface area contributed by atoms with Crippen molar-refractivity contribution in [2.24, 2.45) is 0 Å². The predicted octanol–water partition coefficient (Wildman–Crippen LogP) is 8.85. The number of ether oxygens (including phenoxy) is 1. The topological polar surface area (TPSA) is 35.0 Å². The Kier molecular flexibility index (Phi) is 14.4. The van der Waals surface area contributed by atoms with E-state index in [4.69, 9.17) is 4.74 Å². The van der Waals surface area contributed by atoms with Crippen molar-refractivity contribution < 1.29 is 13.5 Å². The predicted molar refractivity (Wildman–Crippen MR) is 138 cm³/mol. The molecule has 3 nitrogen and oxygen atoms in total. The minimum absolute atomic E-state index is 0.0391. The molecule has 1 heterocycles. The lowest BCUT2D eigenvalue weighted by molar-refractivity contribution is 0.176. The van der Waals surface area contributed by atoms with Gasteiger partial charge in [-0.15, -0.1) is 0 Å². The minimum Gasteiger partial charge on any atom is -0.493 e. The number of benzene rings is 1. The summed E-state index contributed by atoms with van der Waals surface area (Å²) in [4.78, 5) is 9.05. The highest BCUT2D eigenvalue weighted by atomic mass is 19.1. The number of aromatic nitrogens is 2. The SMILES string of the molecule is CCCCCCCCCCCc1cnc(-c2ccc(OCCC(F)CC(F)CCC)cc2)nc1. The summed E-state index contributed by atoms with van der Waals surface area (Å²) in [5.41, 5.74) is 2.10. The molecule has 2 rings (SSSR count). The second-order valence-corrected chi connectivity index (χ2v) is 9.37. The van der Waals surface area contributed by atoms with E-state index in [0.29, 0.717) is 18.0 Å². The number of unbranched alkanes of at least 4 members (excludes halogenated alkanes) is 8. The Balaban J connectivity index is 1.64. The van der Waals surface area contributed by atoms with Gasteiger partial charge in [-0.25, -0.2) is 18.7 Å². The van der Waals surface area contributed by atoms with Gasteiger partial charge in [0, 0.05) is 30.8 Å². The van der Waals surface area contributed by atoms with E-state index in [1.54, 1.807) is 0 Å². The summed E-state index contributed by atoms with van der Waals surface area (Å²) >= 11 is 0. The van der Waals surface area contributed by atoms with Crippen LogP contribution in [0.3, 0.4) is 0 Å². The summed E-state index contributed by atoms with van der Waals surface area (Å²) in [5, 5.41) is 0. The summed E-state index contributed by atoms with van der Waals surface area (Å²) in [7, 11) is 0. The van der Waals surface area contributed by atoms with Crippen molar-refractivity contribution in [3.63, 3.8) is 0 Å². The van der Waals surface area contributed by atoms with Gasteiger partial charge in [0.1, 0.15) is 18.1 Å². The Morgan fingerprint density at radius 2 is 1.32 bits per heavy atom. The number of alkyl halides is 2. The molecule has 0 radical (unpaired) electrons. The fraction of sp³-hybridized carbons (Fsp3) is 0.655. The first kappa shape index (κ1) is 28.2. The molecule has 0 saturated heterocycles. The normalized spacial score (nSPS) is 13.1. The average Bonchev–Trinajstić information content (AvgIpc) is 2.84. The fourth-order valence-corrected chi connectivity index (χ4v) is 4.10. The van der Waals surface area contributed by atoms with E-state index in [9.17, 15) is 8.78 Å². The molecule has 2 aromatic rings. The maximum absolute atomic E-state index is 13.8. The Morgan fingerprint density at radius 3 is 1.94 bits per heavy atom. The summed E-state index contributed by atoms with van der Waals surface area (Å²) in [6.07, 6.45) is 15.9. The second kappa shape index (κ2) is 17.4. The first-order chi connectivity index (χ1) is 16.6. The molecule has 0 aliphatic heterocycles. The molecule has 2 atom stereocenters. The smallest absolute Gasteiger partial charge is 0.159 e. The molecule has 0 spiro atoms. The van der Waals surface area contributed by atoms with Crippen LogP contribution < -0.4 is 4.74 Å². The lowest BCUT2D eigenvalue weighted by Crippen LogP contribution is -2.13. The Hall–Kier alpha value is -2.04. The third-order valence-electron chi connectivity index (χ3n) is 6.20. The van der Waals surface area contributed by atoms with E-state index in [0.717, 1.165) is 18.4 Å². The van der Waals surface area contributed by atoms with Crippen LogP contribution in [-0.4, -0.2) is 28.9 Å². The highest BCUT2D eigenvalue weighted by molar-refractivity contribution is 5.55. The highest BCUT2D eigenvalue weighted by Crippen LogP contribution is 2.21. The van der Waals surface area contributed by atoms with E-state index in [1.165, 1.54) is 63.4 Å². The molecule has 0 fully saturated rings. The van der Waals surface area contributed by atoms with Crippen molar-refractivity contribution in [2.45, 2.75) is 116 Å². The fourth-order valence-electron chi connectivity index (χ4n) is 4.10. The van der Waals surface area contributed by atoms with Gasteiger partial charge in [0.05, 0.1) is 6.61 Å². The minimum atomic E-state index is -1.16. The summed E-state index contributed by atoms with van der Waals surface area (Å²) in [6, 6.07) is 7.52. The van der Waals surface area contributed by atoms with Crippen LogP contribution in [0.15, 0.2) is 36.7 Å². The van der Waals surface area contributed by atoms with Crippen LogP contribution in [0.5, 0.6) is 5.75 Å². The molecule has 0 aliphatic rings. The first-order valence-corrected chi connectivity index (χ1v) is 13.4. The van der Waals surface area contributed by atoms with Gasteiger partial charge in [0.2, 0.25) is 0 Å². The van der Waals surface area contributed by atoms with Crippen molar-refractivity contribution in [1.82, 2.24) is 9.97 Å². The second-order valence-electron chi connectivity index (χ2n) is 9.37. The van der Waals surface area contributed by atoms with Crippen LogP contribution in [-0.2, 0) is 6.42 Å². The zero-order valence-corrected chi connectivity index (χ0v) is 21.3. The number of aryl methyl sites for hydroxylation is 1. The van der Waals surface area contributed by atoms with Crippen LogP contribution in [0.2, 0.25) is 0 Å². The third kappa shape index (κ3) is 11.9. The van der Waals surface area contributed by atoms with Gasteiger partial charge in [-0.3, -0.25) is 0 Å². The molecule has 2 unspecified atom stereocenters. The maximum atomic E-state index is 13.8. The molecule has 5 heteroatoms. The largest absolute Gasteiger partial charge is 0.493 e. The average molecular weight is 475 g/mol. The molecule has 0 saturated carbocycles. The molecule has 34 heavy (non-hydrogen) atoms. The summed E-state index contributed by atoms with van der Waals surface area (Å²) < 4.78 is 33.0. The molecule has 0 aliphatic carbocycles. The number of hydrogen-bond acceptors (Lipinski definition) is 3. The number of halogens is 2. The third-order valence-corrected chi connectivity index (χ3v) is 6.20. The quantitative estimate of drug-likeness (QED) is 0.191. The lowest BCUT2D eigenvalue weighted by Gasteiger charge is -2.12. The number of rotatable bonds is 19. The molecule has 0 amide bonds. The molecule has 0 bridgehead atoms. The Morgan fingerprint density at radius 1 is 0.735 bits per heavy atom. The molecular weight excluding hydrogens is 430 g/mol. The van der Waals surface area contributed by atoms with Gasteiger partial charge in [-0.2, -0.15) is 0 Å². The maximum Gasteiger partial charge on any atom is 0.159 e. The number of hydrogen-bond donors (Lipinski definition) is 0. The zero-order chi connectivity index (χ0) is 24.4. The van der Waals surface area contributed by atoms with Crippen LogP contribution in [0.1, 0.15) is 103 Å². The van der Waals surface area contributed by atoms with Crippen LogP contribution in [0.25, 0.3) is 11.4 Å². The van der Waals surface area contributed by atoms with Gasteiger partial charge in [-0.05, 0) is 49.1 Å². The van der Waals surface area contributed by atoms with Crippen molar-refractivity contribution in [2.75, 3.05) is 6.61 Å².